The minimum Gasteiger partial charge on any atom is -0.492 e. The number of carboxylic acids is 1. The third-order valence-electron chi connectivity index (χ3n) is 1.88. The molecule has 0 bridgehead atoms. The highest BCUT2D eigenvalue weighted by molar-refractivity contribution is 8.00. The molecule has 0 aromatic heterocycles. The highest BCUT2D eigenvalue weighted by atomic mass is 32.2. The molecule has 100 valence electrons. The molecular weight excluding hydrogens is 271 g/mol. The zero-order valence-electron chi connectivity index (χ0n) is 9.03. The van der Waals surface area contributed by atoms with Gasteiger partial charge in [0, 0.05) is 11.4 Å². The Hall–Kier alpha value is -1.57. The monoisotopic (exact) mass is 281 g/mol. The number of halogens is 3. The third kappa shape index (κ3) is 4.36. The molecule has 0 amide bonds. The molecule has 0 aliphatic rings. The van der Waals surface area contributed by atoms with E-state index in [4.69, 9.17) is 15.6 Å². The van der Waals surface area contributed by atoms with E-state index in [1.165, 1.54) is 18.2 Å². The van der Waals surface area contributed by atoms with Gasteiger partial charge in [-0.25, -0.2) is 4.79 Å². The number of nitrogen functional groups attached to an aromatic ring is 1. The molecule has 1 aromatic carbocycles. The molecule has 1 aromatic rings. The van der Waals surface area contributed by atoms with Gasteiger partial charge in [0.15, 0.2) is 0 Å². The van der Waals surface area contributed by atoms with Crippen LogP contribution in [0.25, 0.3) is 0 Å². The summed E-state index contributed by atoms with van der Waals surface area (Å²) >= 11 is -0.232. The number of hydrogen-bond acceptors (Lipinski definition) is 4. The lowest BCUT2D eigenvalue weighted by molar-refractivity contribution is -0.0329. The first-order valence-electron chi connectivity index (χ1n) is 4.76. The van der Waals surface area contributed by atoms with Gasteiger partial charge in [-0.15, -0.1) is 0 Å². The third-order valence-corrected chi connectivity index (χ3v) is 2.58. The number of rotatable bonds is 5. The van der Waals surface area contributed by atoms with Gasteiger partial charge in [-0.1, -0.05) is 6.07 Å². The number of hydrogen-bond donors (Lipinski definition) is 2. The Kier molecular flexibility index (Phi) is 4.71. The first-order chi connectivity index (χ1) is 8.31. The van der Waals surface area contributed by atoms with E-state index >= 15 is 0 Å². The lowest BCUT2D eigenvalue weighted by Crippen LogP contribution is -2.10. The van der Waals surface area contributed by atoms with Crippen molar-refractivity contribution in [2.24, 2.45) is 0 Å². The van der Waals surface area contributed by atoms with Crippen LogP contribution in [0.3, 0.4) is 0 Å². The van der Waals surface area contributed by atoms with Crippen molar-refractivity contribution in [1.29, 1.82) is 0 Å². The number of nitrogens with two attached hydrogens (primary N) is 1. The molecule has 1 rings (SSSR count). The molecule has 4 nitrogen and oxygen atoms in total. The molecule has 0 fully saturated rings. The zero-order chi connectivity index (χ0) is 13.8. The van der Waals surface area contributed by atoms with Gasteiger partial charge in [0.1, 0.15) is 11.3 Å². The summed E-state index contributed by atoms with van der Waals surface area (Å²) in [6.07, 6.45) is 0. The smallest absolute Gasteiger partial charge is 0.441 e. The van der Waals surface area contributed by atoms with Gasteiger partial charge in [-0.3, -0.25) is 0 Å². The van der Waals surface area contributed by atoms with Crippen molar-refractivity contribution in [3.05, 3.63) is 23.8 Å². The molecule has 8 heteroatoms. The molecule has 0 unspecified atom stereocenters. The molecule has 0 saturated carbocycles. The predicted molar refractivity (Wildman–Crippen MR) is 61.8 cm³/mol. The van der Waals surface area contributed by atoms with E-state index in [1.54, 1.807) is 0 Å². The number of carbonyl (C=O) groups is 1. The second-order valence-corrected chi connectivity index (χ2v) is 4.33. The van der Waals surface area contributed by atoms with E-state index in [1.807, 2.05) is 0 Å². The van der Waals surface area contributed by atoms with Crippen molar-refractivity contribution < 1.29 is 27.8 Å². The average Bonchev–Trinajstić information content (AvgIpc) is 2.22. The summed E-state index contributed by atoms with van der Waals surface area (Å²) < 4.78 is 40.5. The van der Waals surface area contributed by atoms with E-state index in [9.17, 15) is 18.0 Å². The first kappa shape index (κ1) is 14.5. The van der Waals surface area contributed by atoms with Gasteiger partial charge >= 0.3 is 11.5 Å². The van der Waals surface area contributed by atoms with Crippen molar-refractivity contribution in [2.45, 2.75) is 5.51 Å². The second kappa shape index (κ2) is 5.85. The molecule has 0 aliphatic heterocycles. The van der Waals surface area contributed by atoms with E-state index in [2.05, 4.69) is 0 Å². The van der Waals surface area contributed by atoms with Crippen molar-refractivity contribution in [1.82, 2.24) is 0 Å². The molecule has 0 radical (unpaired) electrons. The Bertz CT molecular complexity index is 437. The summed E-state index contributed by atoms with van der Waals surface area (Å²) in [4.78, 5) is 10.9. The van der Waals surface area contributed by atoms with E-state index < -0.39 is 11.5 Å². The zero-order valence-corrected chi connectivity index (χ0v) is 9.85. The van der Waals surface area contributed by atoms with Crippen LogP contribution in [0, 0.1) is 0 Å². The fraction of sp³-hybridized carbons (Fsp3) is 0.300. The van der Waals surface area contributed by atoms with Crippen LogP contribution in [0.15, 0.2) is 18.2 Å². The lowest BCUT2D eigenvalue weighted by atomic mass is 10.1. The number of aromatic carboxylic acids is 1. The van der Waals surface area contributed by atoms with E-state index in [0.717, 1.165) is 0 Å². The van der Waals surface area contributed by atoms with Crippen LogP contribution in [0.4, 0.5) is 18.9 Å². The molecule has 3 N–H and O–H groups in total. The Morgan fingerprint density at radius 1 is 1.44 bits per heavy atom. The van der Waals surface area contributed by atoms with Crippen molar-refractivity contribution in [3.8, 4) is 5.75 Å². The van der Waals surface area contributed by atoms with Gasteiger partial charge < -0.3 is 15.6 Å². The maximum Gasteiger partial charge on any atom is 0.441 e. The normalized spacial score (nSPS) is 11.3. The van der Waals surface area contributed by atoms with Gasteiger partial charge in [-0.05, 0) is 23.9 Å². The molecule has 0 spiro atoms. The molecule has 0 heterocycles. The van der Waals surface area contributed by atoms with Gasteiger partial charge in [0.05, 0.1) is 6.61 Å². The Balaban J connectivity index is 2.63. The van der Waals surface area contributed by atoms with Crippen molar-refractivity contribution in [3.63, 3.8) is 0 Å². The fourth-order valence-corrected chi connectivity index (χ4v) is 1.60. The number of benzene rings is 1. The quantitative estimate of drug-likeness (QED) is 0.641. The van der Waals surface area contributed by atoms with Crippen LogP contribution in [-0.2, 0) is 0 Å². The number of alkyl halides is 3. The molecule has 0 saturated heterocycles. The summed E-state index contributed by atoms with van der Waals surface area (Å²) in [7, 11) is 0. The molecule has 18 heavy (non-hydrogen) atoms. The van der Waals surface area contributed by atoms with Crippen LogP contribution in [-0.4, -0.2) is 28.9 Å². The highest BCUT2D eigenvalue weighted by Crippen LogP contribution is 2.30. The molecule has 0 atom stereocenters. The summed E-state index contributed by atoms with van der Waals surface area (Å²) in [6.45, 7) is -0.256. The number of thioether (sulfide) groups is 1. The van der Waals surface area contributed by atoms with Crippen molar-refractivity contribution >= 4 is 23.4 Å². The lowest BCUT2D eigenvalue weighted by Gasteiger charge is -2.11. The highest BCUT2D eigenvalue weighted by Gasteiger charge is 2.27. The Morgan fingerprint density at radius 3 is 2.67 bits per heavy atom. The maximum atomic E-state index is 11.8. The number of anilines is 1. The van der Waals surface area contributed by atoms with Gasteiger partial charge in [0.2, 0.25) is 0 Å². The largest absolute Gasteiger partial charge is 0.492 e. The van der Waals surface area contributed by atoms with Crippen LogP contribution >= 0.6 is 11.8 Å². The minimum absolute atomic E-state index is 0.00322. The van der Waals surface area contributed by atoms with E-state index in [-0.39, 0.29) is 41.1 Å². The van der Waals surface area contributed by atoms with Gasteiger partial charge in [-0.2, -0.15) is 13.2 Å². The van der Waals surface area contributed by atoms with E-state index in [0.29, 0.717) is 0 Å². The van der Waals surface area contributed by atoms with Gasteiger partial charge in [0.25, 0.3) is 0 Å². The second-order valence-electron chi connectivity index (χ2n) is 3.17. The standard InChI is InChI=1S/C10H10F3NO3S/c11-10(12,13)18-5-4-17-7-3-1-2-6(14)8(7)9(15)16/h1-3H,4-5,14H2,(H,15,16). The van der Waals surface area contributed by atoms with Crippen LogP contribution in [0.5, 0.6) is 5.75 Å². The molecular formula is C10H10F3NO3S. The average molecular weight is 281 g/mol. The Labute approximate surface area is 105 Å². The topological polar surface area (TPSA) is 72.5 Å². The number of carboxylic acid groups (broad SMARTS) is 1. The number of ether oxygens (including phenoxy) is 1. The SMILES string of the molecule is Nc1cccc(OCCSC(F)(F)F)c1C(=O)O. The van der Waals surface area contributed by atoms with Crippen LogP contribution < -0.4 is 10.5 Å². The van der Waals surface area contributed by atoms with Crippen molar-refractivity contribution in [2.75, 3.05) is 18.1 Å². The minimum atomic E-state index is -4.32. The van der Waals surface area contributed by atoms with Crippen LogP contribution in [0.1, 0.15) is 10.4 Å². The first-order valence-corrected chi connectivity index (χ1v) is 5.75. The fourth-order valence-electron chi connectivity index (χ4n) is 1.21. The Morgan fingerprint density at radius 2 is 2.11 bits per heavy atom. The summed E-state index contributed by atoms with van der Waals surface area (Å²) in [6, 6.07) is 4.19. The summed E-state index contributed by atoms with van der Waals surface area (Å²) in [5.41, 5.74) is 0.887. The summed E-state index contributed by atoms with van der Waals surface area (Å²) in [5.74, 6) is -1.64. The van der Waals surface area contributed by atoms with Crippen LogP contribution in [0.2, 0.25) is 0 Å². The maximum absolute atomic E-state index is 11.8. The summed E-state index contributed by atoms with van der Waals surface area (Å²) in [5, 5.41) is 8.89. The predicted octanol–water partition coefficient (Wildman–Crippen LogP) is 2.60. The molecule has 0 aliphatic carbocycles.